The molecule has 0 saturated heterocycles. The second-order valence-corrected chi connectivity index (χ2v) is 10.7. The zero-order valence-electron chi connectivity index (χ0n) is 21.4. The second kappa shape index (κ2) is 10.9. The molecule has 192 valence electrons. The van der Waals surface area contributed by atoms with E-state index in [2.05, 4.69) is 13.0 Å². The minimum atomic E-state index is -0.871. The van der Waals surface area contributed by atoms with Crippen molar-refractivity contribution in [2.24, 2.45) is 11.3 Å². The molecule has 1 N–H and O–H groups in total. The van der Waals surface area contributed by atoms with E-state index in [1.807, 2.05) is 56.3 Å². The molecule has 0 aromatic heterocycles. The summed E-state index contributed by atoms with van der Waals surface area (Å²) in [6.45, 7) is 7.16. The highest BCUT2D eigenvalue weighted by atomic mass is 19.1. The molecule has 0 heterocycles. The molecule has 0 aliphatic heterocycles. The highest BCUT2D eigenvalue weighted by molar-refractivity contribution is 5.70. The van der Waals surface area contributed by atoms with E-state index in [1.165, 1.54) is 5.56 Å². The fourth-order valence-electron chi connectivity index (χ4n) is 5.64. The van der Waals surface area contributed by atoms with Crippen LogP contribution >= 0.6 is 0 Å². The number of halogens is 1. The van der Waals surface area contributed by atoms with Crippen molar-refractivity contribution in [3.05, 3.63) is 82.7 Å². The number of carboxylic acid groups (broad SMARTS) is 1. The SMILES string of the molecule is CCN(CC1(C)CC(F)=CCC1c1cc(CC(=O)O)ccc1C1CC1C)C(=O)OCc1ccccc1. The van der Waals surface area contributed by atoms with Crippen LogP contribution in [0.15, 0.2) is 60.4 Å². The molecule has 2 aromatic carbocycles. The van der Waals surface area contributed by atoms with E-state index in [9.17, 15) is 19.1 Å². The number of rotatable bonds is 9. The van der Waals surface area contributed by atoms with Crippen LogP contribution in [-0.2, 0) is 22.6 Å². The number of allylic oxidation sites excluding steroid dienone is 2. The van der Waals surface area contributed by atoms with E-state index in [1.54, 1.807) is 11.0 Å². The number of carbonyl (C=O) groups is 2. The van der Waals surface area contributed by atoms with Crippen molar-refractivity contribution in [1.29, 1.82) is 0 Å². The molecule has 2 aliphatic rings. The van der Waals surface area contributed by atoms with E-state index in [-0.39, 0.29) is 31.2 Å². The summed E-state index contributed by atoms with van der Waals surface area (Å²) in [5.74, 6) is -0.0486. The van der Waals surface area contributed by atoms with Crippen molar-refractivity contribution in [2.45, 2.75) is 64.9 Å². The fourth-order valence-corrected chi connectivity index (χ4v) is 5.64. The number of amides is 1. The summed E-state index contributed by atoms with van der Waals surface area (Å²) in [5.41, 5.74) is 3.44. The monoisotopic (exact) mass is 493 g/mol. The molecule has 0 bridgehead atoms. The van der Waals surface area contributed by atoms with E-state index in [4.69, 9.17) is 4.74 Å². The molecule has 1 fully saturated rings. The van der Waals surface area contributed by atoms with Gasteiger partial charge in [0.2, 0.25) is 0 Å². The third-order valence-electron chi connectivity index (χ3n) is 7.78. The molecule has 0 radical (unpaired) electrons. The largest absolute Gasteiger partial charge is 0.481 e. The van der Waals surface area contributed by atoms with Crippen LogP contribution in [-0.4, -0.2) is 35.2 Å². The number of carbonyl (C=O) groups excluding carboxylic acids is 1. The quantitative estimate of drug-likeness (QED) is 0.416. The highest BCUT2D eigenvalue weighted by Crippen LogP contribution is 2.54. The van der Waals surface area contributed by atoms with Gasteiger partial charge in [0.05, 0.1) is 12.2 Å². The summed E-state index contributed by atoms with van der Waals surface area (Å²) in [5, 5.41) is 9.37. The summed E-state index contributed by atoms with van der Waals surface area (Å²) in [4.78, 5) is 26.1. The topological polar surface area (TPSA) is 66.8 Å². The number of ether oxygens (including phenoxy) is 1. The van der Waals surface area contributed by atoms with Gasteiger partial charge in [0.1, 0.15) is 6.61 Å². The zero-order chi connectivity index (χ0) is 25.9. The molecule has 6 heteroatoms. The van der Waals surface area contributed by atoms with Crippen LogP contribution in [0.3, 0.4) is 0 Å². The second-order valence-electron chi connectivity index (χ2n) is 10.7. The Bertz CT molecular complexity index is 1130. The molecular formula is C30H36FNO4. The van der Waals surface area contributed by atoms with Crippen molar-refractivity contribution in [1.82, 2.24) is 4.90 Å². The zero-order valence-corrected chi connectivity index (χ0v) is 21.4. The molecule has 5 nitrogen and oxygen atoms in total. The number of benzene rings is 2. The van der Waals surface area contributed by atoms with Gasteiger partial charge in [0.15, 0.2) is 0 Å². The summed E-state index contributed by atoms with van der Waals surface area (Å²) in [7, 11) is 0. The Labute approximate surface area is 213 Å². The van der Waals surface area contributed by atoms with Gasteiger partial charge in [-0.25, -0.2) is 9.18 Å². The lowest BCUT2D eigenvalue weighted by Crippen LogP contribution is -2.44. The molecule has 4 unspecified atom stereocenters. The summed E-state index contributed by atoms with van der Waals surface area (Å²) >= 11 is 0. The van der Waals surface area contributed by atoms with Crippen molar-refractivity contribution in [2.75, 3.05) is 13.1 Å². The lowest BCUT2D eigenvalue weighted by Gasteiger charge is -2.43. The van der Waals surface area contributed by atoms with Crippen LogP contribution < -0.4 is 0 Å². The number of aliphatic carboxylic acids is 1. The normalized spacial score (nSPS) is 25.1. The number of carboxylic acids is 1. The first kappa shape index (κ1) is 25.9. The minimum Gasteiger partial charge on any atom is -0.481 e. The predicted octanol–water partition coefficient (Wildman–Crippen LogP) is 6.83. The van der Waals surface area contributed by atoms with Gasteiger partial charge in [0.25, 0.3) is 0 Å². The van der Waals surface area contributed by atoms with Gasteiger partial charge >= 0.3 is 12.1 Å². The molecule has 1 saturated carbocycles. The van der Waals surface area contributed by atoms with Crippen LogP contribution in [0, 0.1) is 11.3 Å². The maximum absolute atomic E-state index is 14.7. The van der Waals surface area contributed by atoms with Crippen LogP contribution in [0.25, 0.3) is 0 Å². The fraction of sp³-hybridized carbons (Fsp3) is 0.467. The Morgan fingerprint density at radius 2 is 1.86 bits per heavy atom. The molecule has 1 amide bonds. The third-order valence-corrected chi connectivity index (χ3v) is 7.78. The van der Waals surface area contributed by atoms with Crippen molar-refractivity contribution >= 4 is 12.1 Å². The van der Waals surface area contributed by atoms with Gasteiger partial charge in [-0.1, -0.05) is 68.5 Å². The Balaban J connectivity index is 1.61. The van der Waals surface area contributed by atoms with Gasteiger partial charge in [-0.05, 0) is 65.2 Å². The first-order valence-corrected chi connectivity index (χ1v) is 12.8. The molecule has 4 rings (SSSR count). The number of hydrogen-bond acceptors (Lipinski definition) is 3. The van der Waals surface area contributed by atoms with E-state index in [0.29, 0.717) is 31.3 Å². The van der Waals surface area contributed by atoms with Crippen LogP contribution in [0.1, 0.15) is 74.1 Å². The van der Waals surface area contributed by atoms with Gasteiger partial charge in [-0.15, -0.1) is 0 Å². The Morgan fingerprint density at radius 1 is 1.14 bits per heavy atom. The average molecular weight is 494 g/mol. The van der Waals surface area contributed by atoms with Crippen molar-refractivity contribution in [3.8, 4) is 0 Å². The van der Waals surface area contributed by atoms with Gasteiger partial charge in [-0.3, -0.25) is 4.79 Å². The van der Waals surface area contributed by atoms with Crippen molar-refractivity contribution < 1.29 is 23.8 Å². The summed E-state index contributed by atoms with van der Waals surface area (Å²) < 4.78 is 20.3. The Hall–Kier alpha value is -3.15. The summed E-state index contributed by atoms with van der Waals surface area (Å²) in [6.07, 6.45) is 3.04. The molecule has 36 heavy (non-hydrogen) atoms. The van der Waals surface area contributed by atoms with Gasteiger partial charge in [0, 0.05) is 19.5 Å². The smallest absolute Gasteiger partial charge is 0.410 e. The van der Waals surface area contributed by atoms with Gasteiger partial charge < -0.3 is 14.7 Å². The minimum absolute atomic E-state index is 0.0375. The van der Waals surface area contributed by atoms with Crippen molar-refractivity contribution in [3.63, 3.8) is 0 Å². The predicted molar refractivity (Wildman–Crippen MR) is 137 cm³/mol. The third kappa shape index (κ3) is 5.97. The summed E-state index contributed by atoms with van der Waals surface area (Å²) in [6, 6.07) is 15.5. The number of hydrogen-bond donors (Lipinski definition) is 1. The average Bonchev–Trinajstić information content (AvgIpc) is 3.57. The molecule has 4 atom stereocenters. The first-order chi connectivity index (χ1) is 17.2. The van der Waals surface area contributed by atoms with Crippen LogP contribution in [0.2, 0.25) is 0 Å². The lowest BCUT2D eigenvalue weighted by molar-refractivity contribution is -0.136. The first-order valence-electron chi connectivity index (χ1n) is 12.8. The van der Waals surface area contributed by atoms with E-state index < -0.39 is 17.5 Å². The van der Waals surface area contributed by atoms with E-state index in [0.717, 1.165) is 23.1 Å². The van der Waals surface area contributed by atoms with Crippen LogP contribution in [0.4, 0.5) is 9.18 Å². The standard InChI is InChI=1S/C30H36FNO4/c1-4-32(29(35)36-18-21-8-6-5-7-9-21)19-30(3)17-23(31)11-13-27(30)26-15-22(16-28(33)34)10-12-24(26)25-14-20(25)2/h5-12,15,20,25,27H,4,13-14,16-19H2,1-3H3,(H,33,34). The van der Waals surface area contributed by atoms with Crippen LogP contribution in [0.5, 0.6) is 0 Å². The Kier molecular flexibility index (Phi) is 7.82. The van der Waals surface area contributed by atoms with E-state index >= 15 is 0 Å². The lowest BCUT2D eigenvalue weighted by atomic mass is 9.65. The Morgan fingerprint density at radius 3 is 2.50 bits per heavy atom. The van der Waals surface area contributed by atoms with Gasteiger partial charge in [-0.2, -0.15) is 0 Å². The molecule has 2 aromatic rings. The maximum atomic E-state index is 14.7. The highest BCUT2D eigenvalue weighted by Gasteiger charge is 2.44. The number of nitrogens with zero attached hydrogens (tertiary/aromatic N) is 1. The maximum Gasteiger partial charge on any atom is 0.410 e. The molecular weight excluding hydrogens is 457 g/mol. The molecule has 2 aliphatic carbocycles. The molecule has 0 spiro atoms.